The number of nitrogens with one attached hydrogen (secondary N) is 2. The number of carbonyl (C=O) groups is 2. The third-order valence-electron chi connectivity index (χ3n) is 5.11. The predicted molar refractivity (Wildman–Crippen MR) is 125 cm³/mol. The van der Waals surface area contributed by atoms with Gasteiger partial charge in [0.25, 0.3) is 0 Å². The molecule has 0 saturated heterocycles. The highest BCUT2D eigenvalue weighted by atomic mass is 32.1. The van der Waals surface area contributed by atoms with Crippen molar-refractivity contribution in [2.75, 3.05) is 18.9 Å². The first-order valence-corrected chi connectivity index (χ1v) is 10.4. The second kappa shape index (κ2) is 9.26. The number of aromatic nitrogens is 3. The van der Waals surface area contributed by atoms with E-state index >= 15 is 0 Å². The lowest BCUT2D eigenvalue weighted by Crippen LogP contribution is -2.37. The first-order valence-electron chi connectivity index (χ1n) is 9.99. The van der Waals surface area contributed by atoms with E-state index in [2.05, 4.69) is 15.5 Å². The van der Waals surface area contributed by atoms with Crippen LogP contribution >= 0.6 is 12.2 Å². The maximum atomic E-state index is 12.8. The van der Waals surface area contributed by atoms with Crippen LogP contribution in [0.3, 0.4) is 0 Å². The molecule has 0 saturated carbocycles. The summed E-state index contributed by atoms with van der Waals surface area (Å²) in [5.41, 5.74) is 5.90. The van der Waals surface area contributed by atoms with E-state index in [0.29, 0.717) is 10.6 Å². The van der Waals surface area contributed by atoms with Crippen molar-refractivity contribution in [3.05, 3.63) is 63.4 Å². The normalized spacial score (nSPS) is 10.7. The van der Waals surface area contributed by atoms with Crippen molar-refractivity contribution in [2.24, 2.45) is 0 Å². The van der Waals surface area contributed by atoms with Crippen LogP contribution in [0.25, 0.3) is 11.4 Å². The number of hydrogen-bond donors (Lipinski definition) is 2. The number of amides is 2. The molecule has 0 aliphatic rings. The molecule has 162 valence electrons. The van der Waals surface area contributed by atoms with Gasteiger partial charge in [-0.25, -0.2) is 0 Å². The van der Waals surface area contributed by atoms with E-state index in [1.807, 2.05) is 64.1 Å². The quantitative estimate of drug-likeness (QED) is 0.572. The summed E-state index contributed by atoms with van der Waals surface area (Å²) in [4.78, 5) is 26.8. The molecule has 2 N–H and O–H groups in total. The van der Waals surface area contributed by atoms with E-state index < -0.39 is 0 Å². The Morgan fingerprint density at radius 1 is 1.06 bits per heavy atom. The number of hydrogen-bond acceptors (Lipinski definition) is 4. The van der Waals surface area contributed by atoms with Gasteiger partial charge in [0.15, 0.2) is 10.6 Å². The highest BCUT2D eigenvalue weighted by molar-refractivity contribution is 7.71. The summed E-state index contributed by atoms with van der Waals surface area (Å²) in [7, 11) is 1.60. The van der Waals surface area contributed by atoms with E-state index in [9.17, 15) is 9.59 Å². The molecule has 0 atom stereocenters. The molecule has 1 aromatic heterocycles. The Morgan fingerprint density at radius 2 is 1.68 bits per heavy atom. The Balaban J connectivity index is 1.69. The van der Waals surface area contributed by atoms with Crippen molar-refractivity contribution in [3.63, 3.8) is 0 Å². The molecule has 3 rings (SSSR count). The second-order valence-corrected chi connectivity index (χ2v) is 8.26. The molecule has 0 aliphatic heterocycles. The van der Waals surface area contributed by atoms with E-state index in [0.717, 1.165) is 33.5 Å². The van der Waals surface area contributed by atoms with E-state index in [1.54, 1.807) is 11.6 Å². The van der Waals surface area contributed by atoms with E-state index in [4.69, 9.17) is 12.2 Å². The number of benzene rings is 2. The van der Waals surface area contributed by atoms with Gasteiger partial charge >= 0.3 is 0 Å². The van der Waals surface area contributed by atoms with Crippen LogP contribution in [-0.4, -0.2) is 45.1 Å². The smallest absolute Gasteiger partial charge is 0.243 e. The zero-order valence-corrected chi connectivity index (χ0v) is 19.3. The van der Waals surface area contributed by atoms with Gasteiger partial charge in [-0.05, 0) is 51.0 Å². The van der Waals surface area contributed by atoms with Crippen LogP contribution in [-0.2, 0) is 16.1 Å². The number of aromatic amines is 1. The number of rotatable bonds is 6. The van der Waals surface area contributed by atoms with Crippen LogP contribution in [0, 0.1) is 32.5 Å². The van der Waals surface area contributed by atoms with Crippen LogP contribution in [0.2, 0.25) is 0 Å². The highest BCUT2D eigenvalue weighted by Crippen LogP contribution is 2.22. The van der Waals surface area contributed by atoms with Crippen molar-refractivity contribution in [1.82, 2.24) is 19.7 Å². The fourth-order valence-electron chi connectivity index (χ4n) is 3.50. The molecule has 0 radical (unpaired) electrons. The van der Waals surface area contributed by atoms with Crippen LogP contribution in [0.4, 0.5) is 5.69 Å². The van der Waals surface area contributed by atoms with Gasteiger partial charge in [0.05, 0.1) is 6.54 Å². The maximum Gasteiger partial charge on any atom is 0.243 e. The topological polar surface area (TPSA) is 83.0 Å². The summed E-state index contributed by atoms with van der Waals surface area (Å²) in [5, 5.41) is 9.94. The van der Waals surface area contributed by atoms with Gasteiger partial charge in [-0.2, -0.15) is 5.10 Å². The number of likely N-dealkylation sites (N-methyl/N-ethyl adjacent to an activating group) is 1. The largest absolute Gasteiger partial charge is 0.335 e. The molecule has 1 heterocycles. The average molecular weight is 438 g/mol. The van der Waals surface area contributed by atoms with Gasteiger partial charge in [0.1, 0.15) is 6.54 Å². The first kappa shape index (κ1) is 22.4. The molecule has 0 unspecified atom stereocenters. The van der Waals surface area contributed by atoms with E-state index in [1.165, 1.54) is 4.90 Å². The lowest BCUT2D eigenvalue weighted by molar-refractivity contribution is -0.133. The van der Waals surface area contributed by atoms with Crippen molar-refractivity contribution < 1.29 is 9.59 Å². The lowest BCUT2D eigenvalue weighted by Gasteiger charge is -2.19. The summed E-state index contributed by atoms with van der Waals surface area (Å²) in [6, 6.07) is 11.9. The van der Waals surface area contributed by atoms with Gasteiger partial charge in [0.2, 0.25) is 11.8 Å². The molecule has 2 aromatic carbocycles. The summed E-state index contributed by atoms with van der Waals surface area (Å²) >= 11 is 5.31. The SMILES string of the molecule is Cc1ccc(-c2n[nH]c(=S)n2CC(=O)N(C)CC(=O)Nc2c(C)cc(C)cc2C)cc1. The molecule has 0 fully saturated rings. The molecule has 3 aromatic rings. The third-order valence-corrected chi connectivity index (χ3v) is 5.42. The predicted octanol–water partition coefficient (Wildman–Crippen LogP) is 3.94. The van der Waals surface area contributed by atoms with Crippen molar-refractivity contribution >= 4 is 29.7 Å². The van der Waals surface area contributed by atoms with Crippen LogP contribution in [0.1, 0.15) is 22.3 Å². The lowest BCUT2D eigenvalue weighted by atomic mass is 10.1. The number of nitrogens with zero attached hydrogens (tertiary/aromatic N) is 3. The summed E-state index contributed by atoms with van der Waals surface area (Å²) in [6.45, 7) is 7.87. The minimum Gasteiger partial charge on any atom is -0.335 e. The molecule has 0 bridgehead atoms. The molecule has 8 heteroatoms. The van der Waals surface area contributed by atoms with Gasteiger partial charge in [-0.1, -0.05) is 47.5 Å². The van der Waals surface area contributed by atoms with Crippen molar-refractivity contribution in [1.29, 1.82) is 0 Å². The molecule has 2 amide bonds. The number of carbonyl (C=O) groups excluding carboxylic acids is 2. The van der Waals surface area contributed by atoms with Crippen LogP contribution in [0.15, 0.2) is 36.4 Å². The third kappa shape index (κ3) is 5.27. The molecule has 0 aliphatic carbocycles. The Labute approximate surface area is 187 Å². The Kier molecular flexibility index (Phi) is 6.70. The fraction of sp³-hybridized carbons (Fsp3) is 0.304. The molecule has 0 spiro atoms. The summed E-state index contributed by atoms with van der Waals surface area (Å²) < 4.78 is 2.00. The van der Waals surface area contributed by atoms with Crippen molar-refractivity contribution in [2.45, 2.75) is 34.2 Å². The molecular weight excluding hydrogens is 410 g/mol. The molecule has 7 nitrogen and oxygen atoms in total. The number of aryl methyl sites for hydroxylation is 4. The van der Waals surface area contributed by atoms with Gasteiger partial charge in [-0.15, -0.1) is 0 Å². The van der Waals surface area contributed by atoms with Crippen LogP contribution < -0.4 is 5.32 Å². The standard InChI is InChI=1S/C23H27N5O2S/c1-14-6-8-18(9-7-14)22-25-26-23(31)28(22)13-20(30)27(5)12-19(29)24-21-16(3)10-15(2)11-17(21)4/h6-11H,12-13H2,1-5H3,(H,24,29)(H,26,31). The summed E-state index contributed by atoms with van der Waals surface area (Å²) in [5.74, 6) is 0.0981. The van der Waals surface area contributed by atoms with Gasteiger partial charge in [-0.3, -0.25) is 19.3 Å². The summed E-state index contributed by atoms with van der Waals surface area (Å²) in [6.07, 6.45) is 0. The monoisotopic (exact) mass is 437 g/mol. The molecular formula is C23H27N5O2S. The number of H-pyrrole nitrogens is 1. The highest BCUT2D eigenvalue weighted by Gasteiger charge is 2.18. The minimum atomic E-state index is -0.250. The van der Waals surface area contributed by atoms with Crippen molar-refractivity contribution in [3.8, 4) is 11.4 Å². The Morgan fingerprint density at radius 3 is 2.29 bits per heavy atom. The van der Waals surface area contributed by atoms with Gasteiger partial charge in [0, 0.05) is 18.3 Å². The van der Waals surface area contributed by atoms with Gasteiger partial charge < -0.3 is 10.2 Å². The zero-order chi connectivity index (χ0) is 22.7. The molecule has 31 heavy (non-hydrogen) atoms. The van der Waals surface area contributed by atoms with Crippen LogP contribution in [0.5, 0.6) is 0 Å². The fourth-order valence-corrected chi connectivity index (χ4v) is 3.70. The number of anilines is 1. The minimum absolute atomic E-state index is 0.00902. The zero-order valence-electron chi connectivity index (χ0n) is 18.4. The van der Waals surface area contributed by atoms with E-state index in [-0.39, 0.29) is 24.9 Å². The Hall–Kier alpha value is -3.26. The Bertz CT molecular complexity index is 1150. The first-order chi connectivity index (χ1) is 14.7. The second-order valence-electron chi connectivity index (χ2n) is 7.88. The maximum absolute atomic E-state index is 12.8. The average Bonchev–Trinajstić information content (AvgIpc) is 3.05.